The minimum atomic E-state index is -1.18. The largest absolute Gasteiger partial charge is 0.468 e. The summed E-state index contributed by atoms with van der Waals surface area (Å²) >= 11 is 8.27. The molecular weight excluding hydrogens is 544 g/mol. The van der Waals surface area contributed by atoms with Gasteiger partial charge >= 0.3 is 5.97 Å². The molecule has 214 valence electrons. The summed E-state index contributed by atoms with van der Waals surface area (Å²) in [7, 11) is 1.20. The van der Waals surface area contributed by atoms with Crippen molar-refractivity contribution in [2.75, 3.05) is 25.2 Å². The summed E-state index contributed by atoms with van der Waals surface area (Å²) in [6, 6.07) is 6.88. The fraction of sp³-hybridized carbons (Fsp3) is 0.500. The van der Waals surface area contributed by atoms with Gasteiger partial charge in [-0.1, -0.05) is 42.5 Å². The van der Waals surface area contributed by atoms with Crippen molar-refractivity contribution in [3.8, 4) is 0 Å². The lowest BCUT2D eigenvalue weighted by Crippen LogP contribution is -2.58. The highest BCUT2D eigenvalue weighted by Crippen LogP contribution is 2.35. The molecule has 0 radical (unpaired) electrons. The lowest BCUT2D eigenvalue weighted by Gasteiger charge is -2.24. The second kappa shape index (κ2) is 16.2. The zero-order chi connectivity index (χ0) is 28.8. The van der Waals surface area contributed by atoms with Gasteiger partial charge in [0.25, 0.3) is 0 Å². The molecule has 1 aliphatic rings. The van der Waals surface area contributed by atoms with Crippen molar-refractivity contribution in [1.82, 2.24) is 21.3 Å². The first-order valence-electron chi connectivity index (χ1n) is 12.5. The Kier molecular flexibility index (Phi) is 13.3. The molecule has 4 amide bonds. The molecule has 3 atom stereocenters. The Morgan fingerprint density at radius 3 is 2.33 bits per heavy atom. The van der Waals surface area contributed by atoms with Gasteiger partial charge in [0, 0.05) is 12.2 Å². The van der Waals surface area contributed by atoms with Crippen molar-refractivity contribution in [2.24, 2.45) is 0 Å². The number of nitrogens with one attached hydrogen (secondary N) is 4. The first kappa shape index (κ1) is 32.2. The summed E-state index contributed by atoms with van der Waals surface area (Å²) in [5.74, 6) is -2.41. The number of amides is 4. The highest BCUT2D eigenvalue weighted by atomic mass is 32.1. The lowest BCUT2D eigenvalue weighted by molar-refractivity contribution is -0.141. The molecule has 1 fully saturated rings. The Hall–Kier alpha value is -3.03. The molecule has 1 aromatic rings. The predicted octanol–water partition coefficient (Wildman–Crippen LogP) is -0.306. The Morgan fingerprint density at radius 1 is 1.05 bits per heavy atom. The number of methoxy groups -OCH3 is 1. The van der Waals surface area contributed by atoms with Gasteiger partial charge in [-0.05, 0) is 30.6 Å². The normalized spacial score (nSPS) is 15.9. The number of benzene rings is 1. The van der Waals surface area contributed by atoms with Crippen LogP contribution in [0.4, 0.5) is 0 Å². The fourth-order valence-corrected chi connectivity index (χ4v) is 4.02. The highest BCUT2D eigenvalue weighted by Gasteiger charge is 2.51. The van der Waals surface area contributed by atoms with Gasteiger partial charge in [-0.15, -0.1) is 0 Å². The van der Waals surface area contributed by atoms with Crippen molar-refractivity contribution < 1.29 is 33.8 Å². The van der Waals surface area contributed by atoms with Crippen LogP contribution >= 0.6 is 25.3 Å². The van der Waals surface area contributed by atoms with Crippen molar-refractivity contribution in [3.63, 3.8) is 0 Å². The Labute approximate surface area is 238 Å². The van der Waals surface area contributed by atoms with Crippen molar-refractivity contribution >= 4 is 54.9 Å². The summed E-state index contributed by atoms with van der Waals surface area (Å²) in [6.07, 6.45) is 3.47. The topological polar surface area (TPSA) is 163 Å². The predicted molar refractivity (Wildman–Crippen MR) is 151 cm³/mol. The minimum absolute atomic E-state index is 0.0713. The standard InChI is InChI=1S/C26H36N4O7S2/c1-37-22(33)15-27-25(36)26(10-11-26)30-24(35)20(16-39)29-23(34)19(13-17-7-3-2-4-8-17)28-21(32)14-18(31)9-5-6-12-38/h2-5,7-9,18-20,31,38-39H,6,10-16H2,1H3,(H,27,36)(H,28,32)(H,29,34)(H,30,35)/b9-5+/t18-,19-,20-/m1/s1. The number of hydrogen-bond acceptors (Lipinski definition) is 9. The SMILES string of the molecule is COC(=O)CNC(=O)C1(NC(=O)[C@@H](CS)NC(=O)[C@@H](Cc2ccccc2)NC(=O)C[C@H](O)/C=C/CCS)CC1. The maximum Gasteiger partial charge on any atom is 0.325 e. The van der Waals surface area contributed by atoms with Crippen LogP contribution in [-0.4, -0.2) is 83.6 Å². The van der Waals surface area contributed by atoms with E-state index in [1.165, 1.54) is 13.2 Å². The van der Waals surface area contributed by atoms with Crippen LogP contribution < -0.4 is 21.3 Å². The van der Waals surface area contributed by atoms with E-state index in [4.69, 9.17) is 0 Å². The van der Waals surface area contributed by atoms with E-state index in [0.717, 1.165) is 5.56 Å². The number of esters is 1. The molecule has 0 heterocycles. The first-order valence-corrected chi connectivity index (χ1v) is 13.8. The summed E-state index contributed by atoms with van der Waals surface area (Å²) in [4.78, 5) is 62.6. The van der Waals surface area contributed by atoms with E-state index in [-0.39, 0.29) is 25.1 Å². The molecule has 0 aliphatic heterocycles. The molecule has 1 aromatic carbocycles. The molecule has 0 unspecified atom stereocenters. The van der Waals surface area contributed by atoms with Crippen molar-refractivity contribution in [2.45, 2.75) is 55.8 Å². The fourth-order valence-electron chi connectivity index (χ4n) is 3.62. The maximum absolute atomic E-state index is 13.2. The molecule has 0 spiro atoms. The summed E-state index contributed by atoms with van der Waals surface area (Å²) in [6.45, 7) is -0.333. The van der Waals surface area contributed by atoms with E-state index in [9.17, 15) is 29.1 Å². The monoisotopic (exact) mass is 580 g/mol. The molecule has 39 heavy (non-hydrogen) atoms. The van der Waals surface area contributed by atoms with Crippen LogP contribution in [0.1, 0.15) is 31.2 Å². The summed E-state index contributed by atoms with van der Waals surface area (Å²) in [5.41, 5.74) is -0.399. The van der Waals surface area contributed by atoms with Gasteiger partial charge in [-0.25, -0.2) is 0 Å². The van der Waals surface area contributed by atoms with Crippen LogP contribution in [0.25, 0.3) is 0 Å². The van der Waals surface area contributed by atoms with Gasteiger partial charge in [-0.2, -0.15) is 25.3 Å². The first-order chi connectivity index (χ1) is 18.6. The van der Waals surface area contributed by atoms with Gasteiger partial charge in [0.15, 0.2) is 0 Å². The Bertz CT molecular complexity index is 1030. The van der Waals surface area contributed by atoms with Crippen LogP contribution in [-0.2, 0) is 35.1 Å². The second-order valence-electron chi connectivity index (χ2n) is 9.10. The van der Waals surface area contributed by atoms with E-state index in [1.807, 2.05) is 6.07 Å². The number of ether oxygens (including phenoxy) is 1. The van der Waals surface area contributed by atoms with E-state index in [0.29, 0.717) is 25.0 Å². The number of thiol groups is 2. The molecule has 1 saturated carbocycles. The number of carbonyl (C=O) groups excluding carboxylic acids is 5. The van der Waals surface area contributed by atoms with Crippen LogP contribution in [0.5, 0.6) is 0 Å². The number of hydrogen-bond donors (Lipinski definition) is 7. The van der Waals surface area contributed by atoms with E-state index < -0.39 is 53.3 Å². The van der Waals surface area contributed by atoms with Crippen molar-refractivity contribution in [1.29, 1.82) is 0 Å². The molecule has 11 nitrogen and oxygen atoms in total. The van der Waals surface area contributed by atoms with Gasteiger partial charge in [0.05, 0.1) is 19.6 Å². The smallest absolute Gasteiger partial charge is 0.325 e. The van der Waals surface area contributed by atoms with Crippen LogP contribution in [0.15, 0.2) is 42.5 Å². The van der Waals surface area contributed by atoms with E-state index in [1.54, 1.807) is 30.3 Å². The number of aliphatic hydroxyl groups is 1. The highest BCUT2D eigenvalue weighted by molar-refractivity contribution is 7.80. The molecule has 0 saturated heterocycles. The third-order valence-electron chi connectivity index (χ3n) is 5.97. The lowest BCUT2D eigenvalue weighted by atomic mass is 10.0. The van der Waals surface area contributed by atoms with E-state index in [2.05, 4.69) is 51.3 Å². The maximum atomic E-state index is 13.2. The molecule has 0 aromatic heterocycles. The third-order valence-corrected chi connectivity index (χ3v) is 6.59. The van der Waals surface area contributed by atoms with Gasteiger partial charge < -0.3 is 31.1 Å². The Balaban J connectivity index is 2.05. The zero-order valence-electron chi connectivity index (χ0n) is 21.7. The molecular formula is C26H36N4O7S2. The van der Waals surface area contributed by atoms with Crippen LogP contribution in [0, 0.1) is 0 Å². The number of carbonyl (C=O) groups is 5. The van der Waals surface area contributed by atoms with Gasteiger partial charge in [0.2, 0.25) is 23.6 Å². The summed E-state index contributed by atoms with van der Waals surface area (Å²) < 4.78 is 4.50. The van der Waals surface area contributed by atoms with E-state index >= 15 is 0 Å². The molecule has 2 rings (SSSR count). The van der Waals surface area contributed by atoms with Gasteiger partial charge in [-0.3, -0.25) is 24.0 Å². The third kappa shape index (κ3) is 10.9. The second-order valence-corrected chi connectivity index (χ2v) is 9.91. The van der Waals surface area contributed by atoms with Crippen LogP contribution in [0.3, 0.4) is 0 Å². The zero-order valence-corrected chi connectivity index (χ0v) is 23.5. The molecule has 0 bridgehead atoms. The quantitative estimate of drug-likeness (QED) is 0.0802. The van der Waals surface area contributed by atoms with Gasteiger partial charge in [0.1, 0.15) is 24.2 Å². The number of allylic oxidation sites excluding steroid dienone is 1. The minimum Gasteiger partial charge on any atom is -0.468 e. The average Bonchev–Trinajstić information content (AvgIpc) is 3.70. The molecule has 13 heteroatoms. The van der Waals surface area contributed by atoms with Crippen LogP contribution in [0.2, 0.25) is 0 Å². The average molecular weight is 581 g/mol. The number of rotatable bonds is 16. The molecule has 1 aliphatic carbocycles. The van der Waals surface area contributed by atoms with Crippen molar-refractivity contribution in [3.05, 3.63) is 48.0 Å². The summed E-state index contributed by atoms with van der Waals surface area (Å²) in [5, 5.41) is 20.4. The Morgan fingerprint density at radius 2 is 1.74 bits per heavy atom. The number of aliphatic hydroxyl groups excluding tert-OH is 1. The molecule has 5 N–H and O–H groups in total.